The second-order valence-corrected chi connectivity index (χ2v) is 6.85. The van der Waals surface area contributed by atoms with Crippen molar-refractivity contribution in [1.82, 2.24) is 9.80 Å². The van der Waals surface area contributed by atoms with Gasteiger partial charge in [0, 0.05) is 45.8 Å². The Bertz CT molecular complexity index is 355. The lowest BCUT2D eigenvalue weighted by atomic mass is 10.2. The summed E-state index contributed by atoms with van der Waals surface area (Å²) in [4.78, 5) is 4.87. The van der Waals surface area contributed by atoms with E-state index in [9.17, 15) is 0 Å². The monoisotopic (exact) mass is 379 g/mol. The lowest BCUT2D eigenvalue weighted by Gasteiger charge is -2.21. The topological polar surface area (TPSA) is 24.9 Å². The van der Waals surface area contributed by atoms with Crippen molar-refractivity contribution in [1.29, 1.82) is 0 Å². The Kier molecular flexibility index (Phi) is 20.8. The van der Waals surface area contributed by atoms with Crippen molar-refractivity contribution >= 4 is 0 Å². The van der Waals surface area contributed by atoms with Crippen LogP contribution < -0.4 is 0 Å². The molecule has 0 fully saturated rings. The summed E-state index contributed by atoms with van der Waals surface area (Å²) in [5.41, 5.74) is 0. The van der Waals surface area contributed by atoms with Gasteiger partial charge in [0.15, 0.2) is 0 Å². The molecule has 0 N–H and O–H groups in total. The van der Waals surface area contributed by atoms with Crippen LogP contribution in [-0.2, 0) is 9.47 Å². The van der Waals surface area contributed by atoms with Gasteiger partial charge in [0.1, 0.15) is 0 Å². The molecule has 0 heterocycles. The molecule has 0 aliphatic heterocycles. The van der Waals surface area contributed by atoms with Crippen LogP contribution in [0.4, 0.5) is 0 Å². The Balaban J connectivity index is 3.66. The molecular formula is C23H43N2O2. The number of ether oxygens (including phenoxy) is 2. The van der Waals surface area contributed by atoms with Crippen molar-refractivity contribution in [2.75, 3.05) is 65.7 Å². The van der Waals surface area contributed by atoms with Crippen molar-refractivity contribution in [2.24, 2.45) is 0 Å². The molecule has 0 aromatic rings. The molecule has 157 valence electrons. The Morgan fingerprint density at radius 3 is 2.19 bits per heavy atom. The first-order valence-corrected chi connectivity index (χ1v) is 10.7. The number of hydrogen-bond acceptors (Lipinski definition) is 4. The molecule has 0 spiro atoms. The molecule has 0 aliphatic carbocycles. The fraction of sp³-hybridized carbons (Fsp3) is 0.783. The molecule has 0 saturated heterocycles. The molecule has 0 atom stereocenters. The van der Waals surface area contributed by atoms with Crippen molar-refractivity contribution < 1.29 is 9.47 Å². The fourth-order valence-corrected chi connectivity index (χ4v) is 2.89. The maximum Gasteiger partial charge on any atom is 0.0593 e. The minimum atomic E-state index is 0.754. The number of unbranched alkanes of at least 4 members (excludes halogenated alkanes) is 2. The summed E-state index contributed by atoms with van der Waals surface area (Å²) in [6.45, 7) is 19.3. The standard InChI is InChI=1S/C23H43N2O2/c1-5-9-15-25(16-10-6-2)17-12-11-13-21-27-23-19-24(14-7-3)18-22-26-20-8-4/h1,6H,2,4,7-23H2,3H3. The third-order valence-electron chi connectivity index (χ3n) is 4.42. The van der Waals surface area contributed by atoms with Crippen LogP contribution in [0.3, 0.4) is 0 Å². The Morgan fingerprint density at radius 2 is 1.56 bits per heavy atom. The van der Waals surface area contributed by atoms with Crippen molar-refractivity contribution in [3.63, 3.8) is 0 Å². The van der Waals surface area contributed by atoms with Crippen LogP contribution in [0.15, 0.2) is 12.7 Å². The first-order chi connectivity index (χ1) is 13.3. The molecule has 0 aliphatic rings. The Labute approximate surface area is 169 Å². The van der Waals surface area contributed by atoms with E-state index in [0.29, 0.717) is 0 Å². The molecular weight excluding hydrogens is 336 g/mol. The fourth-order valence-electron chi connectivity index (χ4n) is 2.89. The summed E-state index contributed by atoms with van der Waals surface area (Å²) in [5, 5.41) is 0. The van der Waals surface area contributed by atoms with Gasteiger partial charge >= 0.3 is 0 Å². The molecule has 0 bridgehead atoms. The Hall–Kier alpha value is -0.860. The highest BCUT2D eigenvalue weighted by molar-refractivity contribution is 4.85. The first kappa shape index (κ1) is 26.1. The second kappa shape index (κ2) is 21.4. The van der Waals surface area contributed by atoms with E-state index >= 15 is 0 Å². The highest BCUT2D eigenvalue weighted by Gasteiger charge is 2.04. The van der Waals surface area contributed by atoms with E-state index in [1.165, 1.54) is 12.8 Å². The third kappa shape index (κ3) is 18.3. The number of rotatable bonds is 21. The number of terminal acetylenes is 1. The predicted molar refractivity (Wildman–Crippen MR) is 117 cm³/mol. The number of hydrogen-bond donors (Lipinski definition) is 0. The van der Waals surface area contributed by atoms with Gasteiger partial charge in [-0.3, -0.25) is 4.90 Å². The zero-order chi connectivity index (χ0) is 20.0. The van der Waals surface area contributed by atoms with E-state index in [4.69, 9.17) is 15.9 Å². The molecule has 0 aromatic carbocycles. The van der Waals surface area contributed by atoms with Crippen molar-refractivity contribution in [2.45, 2.75) is 51.9 Å². The molecule has 0 saturated carbocycles. The molecule has 1 radical (unpaired) electrons. The van der Waals surface area contributed by atoms with Crippen LogP contribution in [0, 0.1) is 19.3 Å². The molecule has 0 rings (SSSR count). The van der Waals surface area contributed by atoms with Crippen molar-refractivity contribution in [3.8, 4) is 12.3 Å². The molecule has 4 nitrogen and oxygen atoms in total. The largest absolute Gasteiger partial charge is 0.380 e. The second-order valence-electron chi connectivity index (χ2n) is 6.85. The van der Waals surface area contributed by atoms with Crippen LogP contribution >= 0.6 is 0 Å². The summed E-state index contributed by atoms with van der Waals surface area (Å²) < 4.78 is 11.4. The SMILES string of the molecule is C#CCCN(CCC=C)CCCCCOCCN(CCC)CCOCC[CH2]. The van der Waals surface area contributed by atoms with Gasteiger partial charge in [-0.1, -0.05) is 19.9 Å². The minimum Gasteiger partial charge on any atom is -0.380 e. The first-order valence-electron chi connectivity index (χ1n) is 10.7. The van der Waals surface area contributed by atoms with Crippen LogP contribution in [0.2, 0.25) is 0 Å². The zero-order valence-corrected chi connectivity index (χ0v) is 17.8. The van der Waals surface area contributed by atoms with Gasteiger partial charge in [-0.2, -0.15) is 0 Å². The highest BCUT2D eigenvalue weighted by Crippen LogP contribution is 2.02. The van der Waals surface area contributed by atoms with E-state index in [0.717, 1.165) is 97.8 Å². The Morgan fingerprint density at radius 1 is 0.852 bits per heavy atom. The molecule has 0 aromatic heterocycles. The van der Waals surface area contributed by atoms with Gasteiger partial charge in [0.2, 0.25) is 0 Å². The quantitative estimate of drug-likeness (QED) is 0.171. The average molecular weight is 380 g/mol. The highest BCUT2D eigenvalue weighted by atomic mass is 16.5. The summed E-state index contributed by atoms with van der Waals surface area (Å²) in [5.74, 6) is 2.73. The predicted octanol–water partition coefficient (Wildman–Crippen LogP) is 4.03. The maximum absolute atomic E-state index is 5.83. The van der Waals surface area contributed by atoms with E-state index in [2.05, 4.69) is 36.1 Å². The normalized spacial score (nSPS) is 11.2. The smallest absolute Gasteiger partial charge is 0.0593 e. The molecule has 27 heavy (non-hydrogen) atoms. The van der Waals surface area contributed by atoms with E-state index < -0.39 is 0 Å². The van der Waals surface area contributed by atoms with Crippen molar-refractivity contribution in [3.05, 3.63) is 19.6 Å². The van der Waals surface area contributed by atoms with E-state index in [-0.39, 0.29) is 0 Å². The molecule has 0 unspecified atom stereocenters. The van der Waals surface area contributed by atoms with Gasteiger partial charge in [-0.05, 0) is 51.6 Å². The molecule has 4 heteroatoms. The molecule has 0 amide bonds. The summed E-state index contributed by atoms with van der Waals surface area (Å²) in [6, 6.07) is 0. The lowest BCUT2D eigenvalue weighted by molar-refractivity contribution is 0.0743. The van der Waals surface area contributed by atoms with E-state index in [1.807, 2.05) is 6.08 Å². The summed E-state index contributed by atoms with van der Waals surface area (Å²) in [6.07, 6.45) is 14.8. The van der Waals surface area contributed by atoms with Crippen LogP contribution in [0.1, 0.15) is 51.9 Å². The summed E-state index contributed by atoms with van der Waals surface area (Å²) >= 11 is 0. The van der Waals surface area contributed by atoms with Crippen LogP contribution in [0.25, 0.3) is 0 Å². The van der Waals surface area contributed by atoms with Gasteiger partial charge < -0.3 is 14.4 Å². The van der Waals surface area contributed by atoms with Crippen LogP contribution in [-0.4, -0.2) is 75.5 Å². The maximum atomic E-state index is 5.83. The average Bonchev–Trinajstić information content (AvgIpc) is 2.68. The van der Waals surface area contributed by atoms with Gasteiger partial charge in [-0.25, -0.2) is 0 Å². The van der Waals surface area contributed by atoms with Gasteiger partial charge in [0.25, 0.3) is 0 Å². The van der Waals surface area contributed by atoms with Crippen LogP contribution in [0.5, 0.6) is 0 Å². The summed E-state index contributed by atoms with van der Waals surface area (Å²) in [7, 11) is 0. The lowest BCUT2D eigenvalue weighted by Crippen LogP contribution is -2.32. The third-order valence-corrected chi connectivity index (χ3v) is 4.42. The van der Waals surface area contributed by atoms with E-state index in [1.54, 1.807) is 0 Å². The number of nitrogens with zero attached hydrogens (tertiary/aromatic N) is 2. The van der Waals surface area contributed by atoms with Gasteiger partial charge in [0.05, 0.1) is 13.2 Å². The van der Waals surface area contributed by atoms with Gasteiger partial charge in [-0.15, -0.1) is 18.9 Å². The minimum absolute atomic E-state index is 0.754. The zero-order valence-electron chi connectivity index (χ0n) is 17.8.